The van der Waals surface area contributed by atoms with Crippen LogP contribution >= 0.6 is 11.3 Å². The Morgan fingerprint density at radius 3 is 2.43 bits per heavy atom. The molecule has 0 amide bonds. The lowest BCUT2D eigenvalue weighted by atomic mass is 10.2. The molecule has 0 aliphatic carbocycles. The van der Waals surface area contributed by atoms with Crippen molar-refractivity contribution in [2.45, 2.75) is 0 Å². The minimum atomic E-state index is -0.219. The lowest BCUT2D eigenvalue weighted by Crippen LogP contribution is -2.23. The summed E-state index contributed by atoms with van der Waals surface area (Å²) in [5.41, 5.74) is 1.35. The summed E-state index contributed by atoms with van der Waals surface area (Å²) in [7, 11) is 4.74. The Hall–Kier alpha value is -3.39. The number of ether oxygens (including phenoxy) is 3. The topological polar surface area (TPSA) is 75.0 Å². The number of nitrogens with zero attached hydrogens (tertiary/aromatic N) is 3. The highest BCUT2D eigenvalue weighted by molar-refractivity contribution is 7.15. The molecule has 0 aliphatic heterocycles. The van der Waals surface area contributed by atoms with Crippen LogP contribution in [0.4, 0.5) is 0 Å². The average molecular weight is 395 g/mol. The average Bonchev–Trinajstić information content (AvgIpc) is 3.27. The fraction of sp³-hybridized carbons (Fsp3) is 0.150. The zero-order valence-electron chi connectivity index (χ0n) is 15.5. The molecule has 8 heteroatoms. The highest BCUT2D eigenvalue weighted by Gasteiger charge is 2.15. The van der Waals surface area contributed by atoms with Crippen molar-refractivity contribution in [1.82, 2.24) is 14.6 Å². The monoisotopic (exact) mass is 395 g/mol. The number of rotatable bonds is 5. The normalized spacial score (nSPS) is 11.8. The molecule has 0 saturated carbocycles. The number of benzene rings is 2. The number of thiazole rings is 1. The van der Waals surface area contributed by atoms with E-state index in [4.69, 9.17) is 14.2 Å². The van der Waals surface area contributed by atoms with Crippen LogP contribution in [-0.2, 0) is 0 Å². The van der Waals surface area contributed by atoms with Crippen LogP contribution < -0.4 is 24.3 Å². The predicted molar refractivity (Wildman–Crippen MR) is 107 cm³/mol. The molecular weight excluding hydrogens is 378 g/mol. The van der Waals surface area contributed by atoms with E-state index < -0.39 is 0 Å². The van der Waals surface area contributed by atoms with E-state index in [0.717, 1.165) is 11.1 Å². The smallest absolute Gasteiger partial charge is 0.291 e. The van der Waals surface area contributed by atoms with Crippen LogP contribution in [0.5, 0.6) is 17.2 Å². The maximum absolute atomic E-state index is 12.8. The van der Waals surface area contributed by atoms with Gasteiger partial charge in [-0.15, -0.1) is 5.10 Å². The van der Waals surface area contributed by atoms with E-state index in [1.54, 1.807) is 33.5 Å². The quantitative estimate of drug-likeness (QED) is 0.517. The first-order valence-corrected chi connectivity index (χ1v) is 9.23. The standard InChI is InChI=1S/C20H17N3O4S/c1-25-14-7-5-4-6-13(14)18-21-20-23(22-18)19(24)17(28-20)11-12-8-9-15(26-2)16(10-12)27-3/h4-11H,1-3H3. The highest BCUT2D eigenvalue weighted by atomic mass is 32.1. The third kappa shape index (κ3) is 3.07. The van der Waals surface area contributed by atoms with Gasteiger partial charge in [0.25, 0.3) is 5.56 Å². The minimum Gasteiger partial charge on any atom is -0.496 e. The lowest BCUT2D eigenvalue weighted by Gasteiger charge is -2.07. The summed E-state index contributed by atoms with van der Waals surface area (Å²) in [6.07, 6.45) is 1.79. The van der Waals surface area contributed by atoms with Gasteiger partial charge in [-0.25, -0.2) is 0 Å². The van der Waals surface area contributed by atoms with E-state index in [0.29, 0.717) is 32.6 Å². The van der Waals surface area contributed by atoms with E-state index in [9.17, 15) is 4.79 Å². The van der Waals surface area contributed by atoms with Crippen molar-refractivity contribution in [2.24, 2.45) is 0 Å². The van der Waals surface area contributed by atoms with E-state index >= 15 is 0 Å². The Kier molecular flexibility index (Phi) is 4.70. The highest BCUT2D eigenvalue weighted by Crippen LogP contribution is 2.28. The Morgan fingerprint density at radius 2 is 1.71 bits per heavy atom. The van der Waals surface area contributed by atoms with Gasteiger partial charge in [-0.1, -0.05) is 29.5 Å². The SMILES string of the molecule is COc1ccc(C=c2sc3nc(-c4ccccc4OC)nn3c2=O)cc1OC. The van der Waals surface area contributed by atoms with Gasteiger partial charge in [0.1, 0.15) is 5.75 Å². The number of para-hydroxylation sites is 1. The fourth-order valence-electron chi connectivity index (χ4n) is 2.87. The van der Waals surface area contributed by atoms with Gasteiger partial charge in [0.15, 0.2) is 17.3 Å². The van der Waals surface area contributed by atoms with Crippen LogP contribution in [0.15, 0.2) is 47.3 Å². The molecule has 2 heterocycles. The van der Waals surface area contributed by atoms with Gasteiger partial charge in [0.05, 0.1) is 31.4 Å². The minimum absolute atomic E-state index is 0.219. The molecule has 28 heavy (non-hydrogen) atoms. The summed E-state index contributed by atoms with van der Waals surface area (Å²) >= 11 is 1.28. The summed E-state index contributed by atoms with van der Waals surface area (Å²) in [6.45, 7) is 0. The van der Waals surface area contributed by atoms with Crippen LogP contribution in [0.25, 0.3) is 22.4 Å². The predicted octanol–water partition coefficient (Wildman–Crippen LogP) is 2.39. The molecule has 4 rings (SSSR count). The Balaban J connectivity index is 1.79. The maximum atomic E-state index is 12.8. The molecule has 142 valence electrons. The second-order valence-electron chi connectivity index (χ2n) is 5.86. The second kappa shape index (κ2) is 7.32. The number of fused-ring (bicyclic) bond motifs is 1. The van der Waals surface area contributed by atoms with Crippen LogP contribution in [0.2, 0.25) is 0 Å². The second-order valence-corrected chi connectivity index (χ2v) is 6.87. The summed E-state index contributed by atoms with van der Waals surface area (Å²) in [6, 6.07) is 12.9. The zero-order chi connectivity index (χ0) is 19.7. The fourth-order valence-corrected chi connectivity index (χ4v) is 3.78. The van der Waals surface area contributed by atoms with Crippen LogP contribution in [0, 0.1) is 0 Å². The zero-order valence-corrected chi connectivity index (χ0v) is 16.3. The molecule has 0 fully saturated rings. The number of methoxy groups -OCH3 is 3. The van der Waals surface area contributed by atoms with Crippen LogP contribution in [-0.4, -0.2) is 35.9 Å². The van der Waals surface area contributed by atoms with E-state index in [1.807, 2.05) is 36.4 Å². The van der Waals surface area contributed by atoms with Gasteiger partial charge in [-0.05, 0) is 35.9 Å². The van der Waals surface area contributed by atoms with Gasteiger partial charge < -0.3 is 14.2 Å². The van der Waals surface area contributed by atoms with Crippen molar-refractivity contribution in [2.75, 3.05) is 21.3 Å². The summed E-state index contributed by atoms with van der Waals surface area (Å²) < 4.78 is 17.8. The van der Waals surface area contributed by atoms with Crippen molar-refractivity contribution in [3.63, 3.8) is 0 Å². The van der Waals surface area contributed by atoms with Crippen molar-refractivity contribution in [1.29, 1.82) is 0 Å². The van der Waals surface area contributed by atoms with Gasteiger partial charge >= 0.3 is 0 Å². The first-order chi connectivity index (χ1) is 13.6. The van der Waals surface area contributed by atoms with Gasteiger partial charge in [0.2, 0.25) is 4.96 Å². The summed E-state index contributed by atoms with van der Waals surface area (Å²) in [4.78, 5) is 17.8. The number of hydrogen-bond donors (Lipinski definition) is 0. The third-order valence-corrected chi connectivity index (χ3v) is 5.19. The van der Waals surface area contributed by atoms with Gasteiger partial charge in [-0.3, -0.25) is 4.79 Å². The number of aromatic nitrogens is 3. The van der Waals surface area contributed by atoms with Crippen LogP contribution in [0.1, 0.15) is 5.56 Å². The molecule has 0 atom stereocenters. The lowest BCUT2D eigenvalue weighted by molar-refractivity contribution is 0.355. The summed E-state index contributed by atoms with van der Waals surface area (Å²) in [5.74, 6) is 2.34. The first kappa shape index (κ1) is 18.0. The molecule has 0 unspecified atom stereocenters. The molecule has 7 nitrogen and oxygen atoms in total. The molecule has 0 bridgehead atoms. The molecular formula is C20H17N3O4S. The molecule has 0 radical (unpaired) electrons. The Bertz CT molecular complexity index is 1260. The first-order valence-electron chi connectivity index (χ1n) is 8.41. The molecule has 0 spiro atoms. The molecule has 2 aromatic heterocycles. The van der Waals surface area contributed by atoms with Gasteiger partial charge in [0, 0.05) is 0 Å². The molecule has 4 aromatic rings. The summed E-state index contributed by atoms with van der Waals surface area (Å²) in [5, 5.41) is 4.37. The molecule has 0 saturated heterocycles. The van der Waals surface area contributed by atoms with Gasteiger partial charge in [-0.2, -0.15) is 9.50 Å². The van der Waals surface area contributed by atoms with Crippen molar-refractivity contribution in [3.8, 4) is 28.6 Å². The molecule has 0 aliphatic rings. The van der Waals surface area contributed by atoms with Crippen molar-refractivity contribution in [3.05, 3.63) is 62.9 Å². The molecule has 0 N–H and O–H groups in total. The largest absolute Gasteiger partial charge is 0.496 e. The van der Waals surface area contributed by atoms with E-state index in [2.05, 4.69) is 10.1 Å². The van der Waals surface area contributed by atoms with E-state index in [1.165, 1.54) is 15.9 Å². The number of hydrogen-bond acceptors (Lipinski definition) is 7. The van der Waals surface area contributed by atoms with Crippen LogP contribution in [0.3, 0.4) is 0 Å². The van der Waals surface area contributed by atoms with Crippen molar-refractivity contribution < 1.29 is 14.2 Å². The maximum Gasteiger partial charge on any atom is 0.291 e. The third-order valence-electron chi connectivity index (χ3n) is 4.24. The van der Waals surface area contributed by atoms with E-state index in [-0.39, 0.29) is 5.56 Å². The Morgan fingerprint density at radius 1 is 0.964 bits per heavy atom. The molecule has 2 aromatic carbocycles. The Labute approximate surface area is 164 Å². The van der Waals surface area contributed by atoms with Crippen molar-refractivity contribution >= 4 is 22.4 Å².